The van der Waals surface area contributed by atoms with E-state index < -0.39 is 0 Å². The Labute approximate surface area is 174 Å². The van der Waals surface area contributed by atoms with Gasteiger partial charge in [-0.3, -0.25) is 4.79 Å². The maximum absolute atomic E-state index is 11.8. The van der Waals surface area contributed by atoms with Crippen molar-refractivity contribution < 1.29 is 18.7 Å². The van der Waals surface area contributed by atoms with E-state index >= 15 is 0 Å². The average molecular weight is 399 g/mol. The van der Waals surface area contributed by atoms with Gasteiger partial charge in [0.15, 0.2) is 5.78 Å². The number of carbonyl (C=O) groups is 1. The quantitative estimate of drug-likeness (QED) is 0.413. The molecule has 30 heavy (non-hydrogen) atoms. The summed E-state index contributed by atoms with van der Waals surface area (Å²) in [4.78, 5) is 16.6. The van der Waals surface area contributed by atoms with Crippen LogP contribution in [-0.2, 0) is 0 Å². The van der Waals surface area contributed by atoms with Gasteiger partial charge in [-0.2, -0.15) is 0 Å². The summed E-state index contributed by atoms with van der Waals surface area (Å²) in [6.45, 7) is 1.54. The van der Waals surface area contributed by atoms with Gasteiger partial charge in [-0.1, -0.05) is 12.1 Å². The Balaban J connectivity index is 1.95. The van der Waals surface area contributed by atoms with Crippen LogP contribution in [0.2, 0.25) is 0 Å². The Morgan fingerprint density at radius 3 is 2.30 bits per heavy atom. The molecule has 0 bridgehead atoms. The number of ether oxygens (including phenoxy) is 2. The molecule has 5 nitrogen and oxygen atoms in total. The number of rotatable bonds is 5. The van der Waals surface area contributed by atoms with Crippen LogP contribution < -0.4 is 14.8 Å². The van der Waals surface area contributed by atoms with Gasteiger partial charge in [0.1, 0.15) is 22.8 Å². The van der Waals surface area contributed by atoms with E-state index in [0.717, 1.165) is 22.1 Å². The first kappa shape index (κ1) is 19.5. The standard InChI is InChI=1S/C25H21NO4/c1-16(27)18-5-4-6-19(13-18)26-23-15-25(17-7-9-20(28-2)10-8-17)30-24-12-11-21(29-3)14-22(23)24/h4-15H,1-3H3. The molecule has 1 heterocycles. The lowest BCUT2D eigenvalue weighted by Crippen LogP contribution is -2.04. The highest BCUT2D eigenvalue weighted by Crippen LogP contribution is 2.26. The minimum absolute atomic E-state index is 0.000519. The summed E-state index contributed by atoms with van der Waals surface area (Å²) in [6, 6.07) is 22.4. The van der Waals surface area contributed by atoms with Crippen molar-refractivity contribution >= 4 is 22.4 Å². The Morgan fingerprint density at radius 1 is 0.867 bits per heavy atom. The lowest BCUT2D eigenvalue weighted by Gasteiger charge is -2.08. The fourth-order valence-corrected chi connectivity index (χ4v) is 3.20. The number of fused-ring (bicyclic) bond motifs is 1. The van der Waals surface area contributed by atoms with Gasteiger partial charge in [0, 0.05) is 22.6 Å². The van der Waals surface area contributed by atoms with Crippen molar-refractivity contribution in [2.24, 2.45) is 4.99 Å². The summed E-state index contributed by atoms with van der Waals surface area (Å²) in [6.07, 6.45) is 0. The van der Waals surface area contributed by atoms with Crippen molar-refractivity contribution in [3.8, 4) is 22.8 Å². The molecule has 0 amide bonds. The van der Waals surface area contributed by atoms with E-state index in [1.165, 1.54) is 0 Å². The van der Waals surface area contributed by atoms with Crippen molar-refractivity contribution in [3.05, 3.63) is 83.7 Å². The number of methoxy groups -OCH3 is 2. The molecule has 1 aromatic heterocycles. The number of hydrogen-bond donors (Lipinski definition) is 0. The first-order valence-electron chi connectivity index (χ1n) is 9.49. The number of nitrogens with zero attached hydrogens (tertiary/aromatic N) is 1. The zero-order valence-electron chi connectivity index (χ0n) is 17.0. The Morgan fingerprint density at radius 2 is 1.60 bits per heavy atom. The molecule has 0 saturated carbocycles. The monoisotopic (exact) mass is 399 g/mol. The fraction of sp³-hybridized carbons (Fsp3) is 0.120. The third kappa shape index (κ3) is 3.96. The minimum Gasteiger partial charge on any atom is -0.497 e. The molecule has 0 N–H and O–H groups in total. The molecule has 150 valence electrons. The predicted molar refractivity (Wildman–Crippen MR) is 116 cm³/mol. The summed E-state index contributed by atoms with van der Waals surface area (Å²) in [5, 5.41) is 1.54. The first-order chi connectivity index (χ1) is 14.6. The molecule has 0 fully saturated rings. The number of hydrogen-bond acceptors (Lipinski definition) is 5. The molecule has 0 aliphatic carbocycles. The van der Waals surface area contributed by atoms with E-state index in [2.05, 4.69) is 0 Å². The SMILES string of the molecule is COc1ccc(-c2cc(=Nc3cccc(C(C)=O)c3)c3cc(OC)ccc3o2)cc1. The fourth-order valence-electron chi connectivity index (χ4n) is 3.20. The summed E-state index contributed by atoms with van der Waals surface area (Å²) >= 11 is 0. The zero-order chi connectivity index (χ0) is 21.1. The zero-order valence-corrected chi connectivity index (χ0v) is 17.0. The second-order valence-electron chi connectivity index (χ2n) is 6.80. The van der Waals surface area contributed by atoms with Crippen molar-refractivity contribution in [3.63, 3.8) is 0 Å². The van der Waals surface area contributed by atoms with Crippen LogP contribution in [0.15, 0.2) is 82.2 Å². The molecule has 4 rings (SSSR count). The molecule has 0 spiro atoms. The van der Waals surface area contributed by atoms with Crippen LogP contribution in [0.4, 0.5) is 5.69 Å². The average Bonchev–Trinajstić information content (AvgIpc) is 2.79. The third-order valence-corrected chi connectivity index (χ3v) is 4.83. The normalized spacial score (nSPS) is 11.5. The van der Waals surface area contributed by atoms with E-state index in [1.807, 2.05) is 60.7 Å². The summed E-state index contributed by atoms with van der Waals surface area (Å²) in [5.41, 5.74) is 2.90. The van der Waals surface area contributed by atoms with E-state index in [1.54, 1.807) is 33.3 Å². The van der Waals surface area contributed by atoms with Crippen LogP contribution in [0.3, 0.4) is 0 Å². The maximum atomic E-state index is 11.8. The van der Waals surface area contributed by atoms with Gasteiger partial charge in [0.25, 0.3) is 0 Å². The third-order valence-electron chi connectivity index (χ3n) is 4.83. The molecule has 0 saturated heterocycles. The van der Waals surface area contributed by atoms with E-state index in [-0.39, 0.29) is 5.78 Å². The highest BCUT2D eigenvalue weighted by Gasteiger charge is 2.08. The molecule has 4 aromatic rings. The van der Waals surface area contributed by atoms with E-state index in [4.69, 9.17) is 18.9 Å². The van der Waals surface area contributed by atoms with Gasteiger partial charge >= 0.3 is 0 Å². The van der Waals surface area contributed by atoms with Crippen LogP contribution in [0.1, 0.15) is 17.3 Å². The largest absolute Gasteiger partial charge is 0.497 e. The predicted octanol–water partition coefficient (Wildman–Crippen LogP) is 5.55. The summed E-state index contributed by atoms with van der Waals surface area (Å²) in [5.74, 6) is 2.16. The van der Waals surface area contributed by atoms with Crippen LogP contribution in [0.25, 0.3) is 22.3 Å². The number of benzene rings is 3. The van der Waals surface area contributed by atoms with Crippen LogP contribution >= 0.6 is 0 Å². The smallest absolute Gasteiger partial charge is 0.159 e. The highest BCUT2D eigenvalue weighted by molar-refractivity contribution is 5.94. The van der Waals surface area contributed by atoms with Crippen molar-refractivity contribution in [1.29, 1.82) is 0 Å². The van der Waals surface area contributed by atoms with Gasteiger partial charge in [-0.25, -0.2) is 4.99 Å². The molecular formula is C25H21NO4. The van der Waals surface area contributed by atoms with E-state index in [9.17, 15) is 4.79 Å². The molecule has 3 aromatic carbocycles. The molecule has 0 aliphatic rings. The molecule has 0 radical (unpaired) electrons. The number of Topliss-reactive ketones (excluding diaryl/α,β-unsaturated/α-hetero) is 1. The highest BCUT2D eigenvalue weighted by atomic mass is 16.5. The topological polar surface area (TPSA) is 61.0 Å². The molecule has 0 atom stereocenters. The minimum atomic E-state index is 0.000519. The van der Waals surface area contributed by atoms with E-state index in [0.29, 0.717) is 28.3 Å². The summed E-state index contributed by atoms with van der Waals surface area (Å²) in [7, 11) is 3.26. The molecule has 5 heteroatoms. The second kappa shape index (κ2) is 8.25. The Kier molecular flexibility index (Phi) is 5.35. The molecular weight excluding hydrogens is 378 g/mol. The Hall–Kier alpha value is -3.86. The van der Waals surface area contributed by atoms with Gasteiger partial charge < -0.3 is 13.9 Å². The van der Waals surface area contributed by atoms with Gasteiger partial charge in [0.05, 0.1) is 25.3 Å². The van der Waals surface area contributed by atoms with Gasteiger partial charge in [-0.15, -0.1) is 0 Å². The maximum Gasteiger partial charge on any atom is 0.159 e. The van der Waals surface area contributed by atoms with Crippen LogP contribution in [0.5, 0.6) is 11.5 Å². The second-order valence-corrected chi connectivity index (χ2v) is 6.80. The van der Waals surface area contributed by atoms with Crippen molar-refractivity contribution in [1.82, 2.24) is 0 Å². The summed E-state index contributed by atoms with van der Waals surface area (Å²) < 4.78 is 16.8. The lowest BCUT2D eigenvalue weighted by atomic mass is 10.1. The lowest BCUT2D eigenvalue weighted by molar-refractivity contribution is 0.101. The first-order valence-corrected chi connectivity index (χ1v) is 9.49. The van der Waals surface area contributed by atoms with Crippen LogP contribution in [0, 0.1) is 0 Å². The number of carbonyl (C=O) groups excluding carboxylic acids is 1. The Bertz CT molecular complexity index is 1290. The van der Waals surface area contributed by atoms with Gasteiger partial charge in [-0.05, 0) is 61.5 Å². The van der Waals surface area contributed by atoms with Crippen molar-refractivity contribution in [2.45, 2.75) is 6.92 Å². The van der Waals surface area contributed by atoms with Crippen molar-refractivity contribution in [2.75, 3.05) is 14.2 Å². The molecule has 0 aliphatic heterocycles. The van der Waals surface area contributed by atoms with Gasteiger partial charge in [0.2, 0.25) is 0 Å². The molecule has 0 unspecified atom stereocenters. The number of ketones is 1. The van der Waals surface area contributed by atoms with Crippen LogP contribution in [-0.4, -0.2) is 20.0 Å².